The molecule has 9 nitrogen and oxygen atoms in total. The number of nitrogens with zero attached hydrogens (tertiary/aromatic N) is 2. The monoisotopic (exact) mass is 534 g/mol. The number of hydrogen-bond donors (Lipinski definition) is 2. The van der Waals surface area contributed by atoms with Crippen molar-refractivity contribution in [3.63, 3.8) is 0 Å². The van der Waals surface area contributed by atoms with E-state index < -0.39 is 0 Å². The molecule has 0 atom stereocenters. The largest absolute Gasteiger partial charge is 0.493 e. The van der Waals surface area contributed by atoms with Crippen LogP contribution in [0.1, 0.15) is 33.4 Å². The molecule has 2 heterocycles. The SMILES string of the molecule is COc1ccc(-c2cc(C(=O)NN=C(C)c3ccc(NC(=O)c4ccco4)cc3)c3ccccc3n2)cc1OC. The third-order valence-electron chi connectivity index (χ3n) is 6.27. The van der Waals surface area contributed by atoms with E-state index in [1.54, 1.807) is 69.7 Å². The highest BCUT2D eigenvalue weighted by Crippen LogP contribution is 2.33. The molecule has 0 aliphatic carbocycles. The molecule has 0 fully saturated rings. The molecule has 5 rings (SSSR count). The fraction of sp³-hybridized carbons (Fsp3) is 0.0968. The zero-order valence-corrected chi connectivity index (χ0v) is 22.1. The number of hydrazone groups is 1. The second-order valence-electron chi connectivity index (χ2n) is 8.79. The fourth-order valence-electron chi connectivity index (χ4n) is 4.16. The summed E-state index contributed by atoms with van der Waals surface area (Å²) in [4.78, 5) is 30.3. The Bertz CT molecular complexity index is 1710. The van der Waals surface area contributed by atoms with E-state index in [2.05, 4.69) is 15.8 Å². The van der Waals surface area contributed by atoms with Gasteiger partial charge in [0.05, 0.1) is 43.0 Å². The Hall–Kier alpha value is -5.44. The lowest BCUT2D eigenvalue weighted by Crippen LogP contribution is -2.20. The van der Waals surface area contributed by atoms with E-state index in [0.717, 1.165) is 11.1 Å². The number of anilines is 1. The number of para-hydroxylation sites is 1. The predicted molar refractivity (Wildman–Crippen MR) is 153 cm³/mol. The average Bonchev–Trinajstić information content (AvgIpc) is 3.54. The van der Waals surface area contributed by atoms with Crippen LogP contribution >= 0.6 is 0 Å². The van der Waals surface area contributed by atoms with Crippen LogP contribution in [0.5, 0.6) is 11.5 Å². The quantitative estimate of drug-likeness (QED) is 0.189. The van der Waals surface area contributed by atoms with Crippen molar-refractivity contribution in [3.8, 4) is 22.8 Å². The number of carbonyl (C=O) groups excluding carboxylic acids is 2. The van der Waals surface area contributed by atoms with Crippen LogP contribution in [-0.2, 0) is 0 Å². The summed E-state index contributed by atoms with van der Waals surface area (Å²) < 4.78 is 15.9. The molecule has 2 aromatic heterocycles. The van der Waals surface area contributed by atoms with Gasteiger partial charge in [-0.3, -0.25) is 9.59 Å². The fourth-order valence-corrected chi connectivity index (χ4v) is 4.16. The van der Waals surface area contributed by atoms with Gasteiger partial charge < -0.3 is 19.2 Å². The highest BCUT2D eigenvalue weighted by Gasteiger charge is 2.15. The number of rotatable bonds is 8. The molecule has 200 valence electrons. The van der Waals surface area contributed by atoms with Crippen molar-refractivity contribution in [1.29, 1.82) is 0 Å². The number of furan rings is 1. The Labute approximate surface area is 230 Å². The molecule has 0 unspecified atom stereocenters. The van der Waals surface area contributed by atoms with Gasteiger partial charge in [0.2, 0.25) is 0 Å². The minimum absolute atomic E-state index is 0.224. The molecule has 0 bridgehead atoms. The van der Waals surface area contributed by atoms with Gasteiger partial charge in [-0.15, -0.1) is 0 Å². The summed E-state index contributed by atoms with van der Waals surface area (Å²) in [6.07, 6.45) is 1.44. The van der Waals surface area contributed by atoms with Gasteiger partial charge in [0, 0.05) is 16.6 Å². The summed E-state index contributed by atoms with van der Waals surface area (Å²) in [5.41, 5.74) is 7.14. The van der Waals surface area contributed by atoms with Gasteiger partial charge in [-0.05, 0) is 67.1 Å². The zero-order chi connectivity index (χ0) is 28.1. The maximum Gasteiger partial charge on any atom is 0.291 e. The van der Waals surface area contributed by atoms with E-state index in [4.69, 9.17) is 18.9 Å². The number of nitrogens with one attached hydrogen (secondary N) is 2. The van der Waals surface area contributed by atoms with Crippen molar-refractivity contribution in [2.45, 2.75) is 6.92 Å². The first kappa shape index (κ1) is 26.2. The van der Waals surface area contributed by atoms with Crippen LogP contribution in [0.15, 0.2) is 101 Å². The van der Waals surface area contributed by atoms with Crippen molar-refractivity contribution in [3.05, 3.63) is 108 Å². The Morgan fingerprint density at radius 3 is 2.35 bits per heavy atom. The van der Waals surface area contributed by atoms with Crippen LogP contribution in [0.4, 0.5) is 5.69 Å². The molecular formula is C31H26N4O5. The normalized spacial score (nSPS) is 11.2. The lowest BCUT2D eigenvalue weighted by atomic mass is 10.0. The summed E-state index contributed by atoms with van der Waals surface area (Å²) in [7, 11) is 3.14. The van der Waals surface area contributed by atoms with Crippen LogP contribution in [0.2, 0.25) is 0 Å². The molecule has 9 heteroatoms. The maximum atomic E-state index is 13.3. The molecule has 2 amide bonds. The van der Waals surface area contributed by atoms with E-state index in [1.165, 1.54) is 6.26 Å². The number of fused-ring (bicyclic) bond motifs is 1. The minimum atomic E-state index is -0.373. The number of methoxy groups -OCH3 is 2. The molecule has 5 aromatic rings. The highest BCUT2D eigenvalue weighted by molar-refractivity contribution is 6.08. The van der Waals surface area contributed by atoms with Gasteiger partial charge in [-0.1, -0.05) is 30.3 Å². The van der Waals surface area contributed by atoms with Crippen molar-refractivity contribution in [2.75, 3.05) is 19.5 Å². The topological polar surface area (TPSA) is 115 Å². The number of benzene rings is 3. The number of aromatic nitrogens is 1. The van der Waals surface area contributed by atoms with E-state index in [1.807, 2.05) is 36.4 Å². The summed E-state index contributed by atoms with van der Waals surface area (Å²) in [5, 5.41) is 7.79. The molecule has 2 N–H and O–H groups in total. The lowest BCUT2D eigenvalue weighted by Gasteiger charge is -2.12. The van der Waals surface area contributed by atoms with Gasteiger partial charge in [0.15, 0.2) is 17.3 Å². The molecular weight excluding hydrogens is 508 g/mol. The van der Waals surface area contributed by atoms with Crippen LogP contribution in [-0.4, -0.2) is 36.7 Å². The first-order valence-corrected chi connectivity index (χ1v) is 12.4. The molecule has 0 radical (unpaired) electrons. The maximum absolute atomic E-state index is 13.3. The molecule has 0 aliphatic heterocycles. The average molecular weight is 535 g/mol. The van der Waals surface area contributed by atoms with Gasteiger partial charge >= 0.3 is 0 Å². The number of ether oxygens (including phenoxy) is 2. The van der Waals surface area contributed by atoms with Gasteiger partial charge in [-0.25, -0.2) is 10.4 Å². The van der Waals surface area contributed by atoms with Crippen LogP contribution in [0.3, 0.4) is 0 Å². The molecule has 0 spiro atoms. The van der Waals surface area contributed by atoms with Gasteiger partial charge in [0.25, 0.3) is 11.8 Å². The summed E-state index contributed by atoms with van der Waals surface area (Å²) in [6, 6.07) is 25.0. The molecule has 40 heavy (non-hydrogen) atoms. The van der Waals surface area contributed by atoms with Crippen LogP contribution < -0.4 is 20.2 Å². The summed E-state index contributed by atoms with van der Waals surface area (Å²) in [5.74, 6) is 0.674. The van der Waals surface area contributed by atoms with Crippen molar-refractivity contribution in [2.24, 2.45) is 5.10 Å². The molecule has 0 aliphatic rings. The Morgan fingerprint density at radius 1 is 0.850 bits per heavy atom. The van der Waals surface area contributed by atoms with Crippen LogP contribution in [0, 0.1) is 0 Å². The first-order valence-electron chi connectivity index (χ1n) is 12.4. The van der Waals surface area contributed by atoms with Gasteiger partial charge in [-0.2, -0.15) is 5.10 Å². The number of pyridine rings is 1. The van der Waals surface area contributed by atoms with E-state index in [0.29, 0.717) is 45.1 Å². The molecule has 0 saturated carbocycles. The smallest absolute Gasteiger partial charge is 0.291 e. The standard InChI is InChI=1S/C31H26N4O5/c1-19(20-10-13-22(14-11-20)32-31(37)28-9-6-16-40-28)34-35-30(36)24-18-26(33-25-8-5-4-7-23(24)25)21-12-15-27(38-2)29(17-21)39-3/h4-18H,1-3H3,(H,32,37)(H,35,36). The van der Waals surface area contributed by atoms with E-state index >= 15 is 0 Å². The van der Waals surface area contributed by atoms with E-state index in [-0.39, 0.29) is 17.6 Å². The van der Waals surface area contributed by atoms with Crippen molar-refractivity contribution < 1.29 is 23.5 Å². The van der Waals surface area contributed by atoms with Crippen molar-refractivity contribution >= 4 is 34.1 Å². The number of amides is 2. The third-order valence-corrected chi connectivity index (χ3v) is 6.27. The minimum Gasteiger partial charge on any atom is -0.493 e. The summed E-state index contributed by atoms with van der Waals surface area (Å²) in [6.45, 7) is 1.79. The number of carbonyl (C=O) groups is 2. The third kappa shape index (κ3) is 5.53. The first-order chi connectivity index (χ1) is 19.5. The highest BCUT2D eigenvalue weighted by atomic mass is 16.5. The lowest BCUT2D eigenvalue weighted by molar-refractivity contribution is 0.0955. The second kappa shape index (κ2) is 11.5. The molecule has 3 aromatic carbocycles. The predicted octanol–water partition coefficient (Wildman–Crippen LogP) is 5.92. The zero-order valence-electron chi connectivity index (χ0n) is 22.1. The molecule has 0 saturated heterocycles. The Kier molecular flexibility index (Phi) is 7.54. The Balaban J connectivity index is 1.37. The van der Waals surface area contributed by atoms with Crippen molar-refractivity contribution in [1.82, 2.24) is 10.4 Å². The number of hydrogen-bond acceptors (Lipinski definition) is 7. The Morgan fingerprint density at radius 2 is 1.62 bits per heavy atom. The van der Waals surface area contributed by atoms with Gasteiger partial charge in [0.1, 0.15) is 0 Å². The second-order valence-corrected chi connectivity index (χ2v) is 8.79. The summed E-state index contributed by atoms with van der Waals surface area (Å²) >= 11 is 0. The van der Waals surface area contributed by atoms with Crippen LogP contribution in [0.25, 0.3) is 22.2 Å². The van der Waals surface area contributed by atoms with E-state index in [9.17, 15) is 9.59 Å².